The van der Waals surface area contributed by atoms with Crippen molar-refractivity contribution in [3.05, 3.63) is 59.2 Å². The van der Waals surface area contributed by atoms with E-state index in [0.29, 0.717) is 18.2 Å². The molecular formula is C17H17N3O2S. The Labute approximate surface area is 138 Å². The average molecular weight is 327 g/mol. The van der Waals surface area contributed by atoms with Crippen LogP contribution in [0, 0.1) is 6.92 Å². The summed E-state index contributed by atoms with van der Waals surface area (Å²) in [5.74, 6) is 2.15. The lowest BCUT2D eigenvalue weighted by atomic mass is 10.2. The number of methoxy groups -OCH3 is 1. The minimum atomic E-state index is 0.439. The third-order valence-electron chi connectivity index (χ3n) is 3.14. The first-order chi connectivity index (χ1) is 11.2. The van der Waals surface area contributed by atoms with Crippen LogP contribution in [-0.2, 0) is 6.61 Å². The molecule has 0 radical (unpaired) electrons. The van der Waals surface area contributed by atoms with E-state index in [1.807, 2.05) is 48.7 Å². The SMILES string of the molecule is COc1cccc(COc2cccnc2Nc2nc(C)cs2)c1. The van der Waals surface area contributed by atoms with Crippen molar-refractivity contribution in [1.82, 2.24) is 9.97 Å². The first kappa shape index (κ1) is 15.3. The van der Waals surface area contributed by atoms with Crippen molar-refractivity contribution in [2.45, 2.75) is 13.5 Å². The molecule has 23 heavy (non-hydrogen) atoms. The van der Waals surface area contributed by atoms with Gasteiger partial charge in [0, 0.05) is 11.6 Å². The van der Waals surface area contributed by atoms with Gasteiger partial charge in [0.2, 0.25) is 0 Å². The maximum Gasteiger partial charge on any atom is 0.188 e. The first-order valence-electron chi connectivity index (χ1n) is 7.14. The predicted molar refractivity (Wildman–Crippen MR) is 91.7 cm³/mol. The van der Waals surface area contributed by atoms with Crippen LogP contribution in [0.1, 0.15) is 11.3 Å². The Kier molecular flexibility index (Phi) is 4.73. The van der Waals surface area contributed by atoms with Gasteiger partial charge in [0.15, 0.2) is 16.7 Å². The summed E-state index contributed by atoms with van der Waals surface area (Å²) in [4.78, 5) is 8.72. The highest BCUT2D eigenvalue weighted by Crippen LogP contribution is 2.27. The van der Waals surface area contributed by atoms with Crippen LogP contribution < -0.4 is 14.8 Å². The highest BCUT2D eigenvalue weighted by Gasteiger charge is 2.08. The number of pyridine rings is 1. The van der Waals surface area contributed by atoms with Gasteiger partial charge in [-0.2, -0.15) is 0 Å². The van der Waals surface area contributed by atoms with Gasteiger partial charge in [-0.05, 0) is 36.8 Å². The molecule has 3 aromatic rings. The molecule has 0 aliphatic rings. The maximum absolute atomic E-state index is 5.90. The molecule has 0 amide bonds. The number of hydrogen-bond donors (Lipinski definition) is 1. The summed E-state index contributed by atoms with van der Waals surface area (Å²) >= 11 is 1.54. The van der Waals surface area contributed by atoms with Crippen LogP contribution in [0.15, 0.2) is 48.0 Å². The molecule has 0 atom stereocenters. The van der Waals surface area contributed by atoms with E-state index in [1.54, 1.807) is 13.3 Å². The second-order valence-electron chi connectivity index (χ2n) is 4.91. The third-order valence-corrected chi connectivity index (χ3v) is 4.02. The Morgan fingerprint density at radius 3 is 2.91 bits per heavy atom. The highest BCUT2D eigenvalue weighted by molar-refractivity contribution is 7.13. The van der Waals surface area contributed by atoms with E-state index in [9.17, 15) is 0 Å². The molecule has 0 spiro atoms. The van der Waals surface area contributed by atoms with Crippen molar-refractivity contribution in [2.75, 3.05) is 12.4 Å². The summed E-state index contributed by atoms with van der Waals surface area (Å²) in [5, 5.41) is 5.99. The molecule has 0 unspecified atom stereocenters. The van der Waals surface area contributed by atoms with Crippen LogP contribution in [0.25, 0.3) is 0 Å². The van der Waals surface area contributed by atoms with Gasteiger partial charge in [0.1, 0.15) is 12.4 Å². The molecule has 118 valence electrons. The maximum atomic E-state index is 5.90. The van der Waals surface area contributed by atoms with E-state index in [1.165, 1.54) is 11.3 Å². The van der Waals surface area contributed by atoms with Crippen molar-refractivity contribution in [1.29, 1.82) is 0 Å². The minimum Gasteiger partial charge on any atom is -0.497 e. The lowest BCUT2D eigenvalue weighted by molar-refractivity contribution is 0.306. The lowest BCUT2D eigenvalue weighted by Crippen LogP contribution is -2.01. The van der Waals surface area contributed by atoms with Crippen molar-refractivity contribution in [3.63, 3.8) is 0 Å². The normalized spacial score (nSPS) is 10.3. The summed E-state index contributed by atoms with van der Waals surface area (Å²) in [6.07, 6.45) is 1.72. The molecule has 0 aliphatic carbocycles. The van der Waals surface area contributed by atoms with E-state index in [-0.39, 0.29) is 0 Å². The van der Waals surface area contributed by atoms with Crippen molar-refractivity contribution in [2.24, 2.45) is 0 Å². The van der Waals surface area contributed by atoms with Gasteiger partial charge in [-0.15, -0.1) is 11.3 Å². The number of aryl methyl sites for hydroxylation is 1. The second-order valence-corrected chi connectivity index (χ2v) is 5.77. The largest absolute Gasteiger partial charge is 0.497 e. The van der Waals surface area contributed by atoms with Gasteiger partial charge in [0.25, 0.3) is 0 Å². The Morgan fingerprint density at radius 2 is 2.13 bits per heavy atom. The average Bonchev–Trinajstić information content (AvgIpc) is 2.99. The fourth-order valence-electron chi connectivity index (χ4n) is 2.04. The van der Waals surface area contributed by atoms with Crippen LogP contribution in [0.5, 0.6) is 11.5 Å². The summed E-state index contributed by atoms with van der Waals surface area (Å²) in [7, 11) is 1.65. The molecule has 1 aromatic carbocycles. The van der Waals surface area contributed by atoms with Crippen molar-refractivity contribution >= 4 is 22.3 Å². The zero-order valence-corrected chi connectivity index (χ0v) is 13.8. The number of nitrogens with zero attached hydrogens (tertiary/aromatic N) is 2. The van der Waals surface area contributed by atoms with Gasteiger partial charge in [-0.1, -0.05) is 12.1 Å². The van der Waals surface area contributed by atoms with Gasteiger partial charge in [-0.25, -0.2) is 9.97 Å². The summed E-state index contributed by atoms with van der Waals surface area (Å²) < 4.78 is 11.1. The van der Waals surface area contributed by atoms with E-state index in [2.05, 4.69) is 15.3 Å². The van der Waals surface area contributed by atoms with Crippen LogP contribution >= 0.6 is 11.3 Å². The summed E-state index contributed by atoms with van der Waals surface area (Å²) in [6.45, 7) is 2.40. The smallest absolute Gasteiger partial charge is 0.188 e. The summed E-state index contributed by atoms with van der Waals surface area (Å²) in [6, 6.07) is 11.5. The van der Waals surface area contributed by atoms with E-state index in [0.717, 1.165) is 22.1 Å². The molecule has 0 aliphatic heterocycles. The Balaban J connectivity index is 1.72. The van der Waals surface area contributed by atoms with Crippen molar-refractivity contribution < 1.29 is 9.47 Å². The van der Waals surface area contributed by atoms with Crippen LogP contribution in [0.4, 0.5) is 10.9 Å². The Hall–Kier alpha value is -2.60. The molecule has 0 saturated carbocycles. The molecule has 2 heterocycles. The number of thiazole rings is 1. The van der Waals surface area contributed by atoms with E-state index in [4.69, 9.17) is 9.47 Å². The number of anilines is 2. The number of aromatic nitrogens is 2. The van der Waals surface area contributed by atoms with Gasteiger partial charge in [-0.3, -0.25) is 0 Å². The summed E-state index contributed by atoms with van der Waals surface area (Å²) in [5.41, 5.74) is 2.01. The zero-order valence-electron chi connectivity index (χ0n) is 12.9. The zero-order chi connectivity index (χ0) is 16.1. The highest BCUT2D eigenvalue weighted by atomic mass is 32.1. The standard InChI is InChI=1S/C17H17N3O2S/c1-12-11-23-17(19-12)20-16-15(7-4-8-18-16)22-10-13-5-3-6-14(9-13)21-2/h3-9,11H,10H2,1-2H3,(H,18,19,20). The lowest BCUT2D eigenvalue weighted by Gasteiger charge is -2.11. The number of rotatable bonds is 6. The molecule has 2 aromatic heterocycles. The van der Waals surface area contributed by atoms with Crippen LogP contribution in [0.3, 0.4) is 0 Å². The number of benzene rings is 1. The Bertz CT molecular complexity index is 789. The predicted octanol–water partition coefficient (Wildman–Crippen LogP) is 4.18. The first-order valence-corrected chi connectivity index (χ1v) is 8.02. The molecule has 6 heteroatoms. The molecule has 0 saturated heterocycles. The Morgan fingerprint density at radius 1 is 1.22 bits per heavy atom. The molecule has 3 rings (SSSR count). The number of hydrogen-bond acceptors (Lipinski definition) is 6. The van der Waals surface area contributed by atoms with Crippen molar-refractivity contribution in [3.8, 4) is 11.5 Å². The quantitative estimate of drug-likeness (QED) is 0.736. The van der Waals surface area contributed by atoms with Gasteiger partial charge < -0.3 is 14.8 Å². The molecule has 1 N–H and O–H groups in total. The number of nitrogens with one attached hydrogen (secondary N) is 1. The fourth-order valence-corrected chi connectivity index (χ4v) is 2.72. The van der Waals surface area contributed by atoms with E-state index < -0.39 is 0 Å². The third kappa shape index (κ3) is 3.98. The topological polar surface area (TPSA) is 56.3 Å². The fraction of sp³-hybridized carbons (Fsp3) is 0.176. The molecular weight excluding hydrogens is 310 g/mol. The molecule has 5 nitrogen and oxygen atoms in total. The molecule has 0 fully saturated rings. The van der Waals surface area contributed by atoms with Crippen LogP contribution in [-0.4, -0.2) is 17.1 Å². The second kappa shape index (κ2) is 7.11. The molecule has 0 bridgehead atoms. The monoisotopic (exact) mass is 327 g/mol. The van der Waals surface area contributed by atoms with Gasteiger partial charge >= 0.3 is 0 Å². The number of ether oxygens (including phenoxy) is 2. The van der Waals surface area contributed by atoms with Crippen LogP contribution in [0.2, 0.25) is 0 Å². The minimum absolute atomic E-state index is 0.439. The van der Waals surface area contributed by atoms with Gasteiger partial charge in [0.05, 0.1) is 12.8 Å². The van der Waals surface area contributed by atoms with E-state index >= 15 is 0 Å².